The number of aliphatic imine (C=N–C) groups is 1. The summed E-state index contributed by atoms with van der Waals surface area (Å²) in [5.41, 5.74) is 2.78. The molecule has 3 aliphatic rings. The third-order valence-electron chi connectivity index (χ3n) is 7.37. The van der Waals surface area contributed by atoms with Crippen molar-refractivity contribution < 1.29 is 22.7 Å². The molecule has 2 aromatic carbocycles. The van der Waals surface area contributed by atoms with E-state index in [4.69, 9.17) is 10.1 Å². The van der Waals surface area contributed by atoms with E-state index in [2.05, 4.69) is 22.2 Å². The van der Waals surface area contributed by atoms with Crippen LogP contribution in [-0.2, 0) is 11.3 Å². The van der Waals surface area contributed by atoms with Crippen molar-refractivity contribution in [3.8, 4) is 5.75 Å². The number of halogens is 3. The molecule has 1 aliphatic carbocycles. The number of alkyl halides is 3. The lowest BCUT2D eigenvalue weighted by molar-refractivity contribution is -0.114. The van der Waals surface area contributed by atoms with Crippen molar-refractivity contribution in [1.29, 1.82) is 5.41 Å². The van der Waals surface area contributed by atoms with E-state index < -0.39 is 23.0 Å². The first-order valence-corrected chi connectivity index (χ1v) is 14.0. The summed E-state index contributed by atoms with van der Waals surface area (Å²) in [6.45, 7) is 0.948. The van der Waals surface area contributed by atoms with Crippen molar-refractivity contribution in [2.45, 2.75) is 50.7 Å². The smallest absolute Gasteiger partial charge is 0.441 e. The predicted octanol–water partition coefficient (Wildman–Crippen LogP) is 6.95. The molecule has 2 aliphatic heterocycles. The van der Waals surface area contributed by atoms with Crippen molar-refractivity contribution in [2.75, 3.05) is 6.61 Å². The van der Waals surface area contributed by atoms with Crippen LogP contribution in [-0.4, -0.2) is 44.3 Å². The van der Waals surface area contributed by atoms with Crippen LogP contribution in [0.2, 0.25) is 0 Å². The summed E-state index contributed by atoms with van der Waals surface area (Å²) >= 11 is 0.233. The summed E-state index contributed by atoms with van der Waals surface area (Å²) in [6, 6.07) is 16.0. The first-order chi connectivity index (χ1) is 19.3. The lowest BCUT2D eigenvalue weighted by atomic mass is 9.84. The fraction of sp³-hybridized carbons (Fsp3) is 0.310. The summed E-state index contributed by atoms with van der Waals surface area (Å²) in [6.07, 6.45) is 5.04. The second kappa shape index (κ2) is 10.6. The maximum atomic E-state index is 13.1. The van der Waals surface area contributed by atoms with Crippen molar-refractivity contribution in [2.24, 2.45) is 10.1 Å². The molecule has 1 amide bonds. The van der Waals surface area contributed by atoms with E-state index in [1.807, 2.05) is 47.2 Å². The number of rotatable bonds is 6. The van der Waals surface area contributed by atoms with Gasteiger partial charge in [-0.3, -0.25) is 10.2 Å². The first kappa shape index (κ1) is 26.4. The fourth-order valence-corrected chi connectivity index (χ4v) is 6.13. The van der Waals surface area contributed by atoms with Gasteiger partial charge in [-0.15, -0.1) is 0 Å². The molecule has 206 valence electrons. The monoisotopic (exact) mass is 565 g/mol. The summed E-state index contributed by atoms with van der Waals surface area (Å²) in [4.78, 5) is 16.5. The lowest BCUT2D eigenvalue weighted by Crippen LogP contribution is -2.35. The van der Waals surface area contributed by atoms with Gasteiger partial charge in [-0.25, -0.2) is 0 Å². The minimum atomic E-state index is -4.69. The number of amidine groups is 2. The van der Waals surface area contributed by atoms with Gasteiger partial charge in [0.15, 0.2) is 5.84 Å². The number of hydrogen-bond acceptors (Lipinski definition) is 5. The van der Waals surface area contributed by atoms with E-state index in [9.17, 15) is 18.0 Å². The quantitative estimate of drug-likeness (QED) is 0.328. The van der Waals surface area contributed by atoms with Crippen LogP contribution in [0.15, 0.2) is 70.4 Å². The Morgan fingerprint density at radius 3 is 2.58 bits per heavy atom. The molecular weight excluding hydrogens is 539 g/mol. The van der Waals surface area contributed by atoms with Crippen LogP contribution in [0.4, 0.5) is 13.2 Å². The zero-order valence-corrected chi connectivity index (χ0v) is 22.3. The van der Waals surface area contributed by atoms with Gasteiger partial charge in [0, 0.05) is 22.7 Å². The molecule has 0 saturated heterocycles. The molecule has 7 nitrogen and oxygen atoms in total. The topological polar surface area (TPSA) is 83.0 Å². The highest BCUT2D eigenvalue weighted by Crippen LogP contribution is 2.36. The van der Waals surface area contributed by atoms with E-state index in [0.29, 0.717) is 24.6 Å². The van der Waals surface area contributed by atoms with Crippen LogP contribution in [0.5, 0.6) is 5.75 Å². The Hall–Kier alpha value is -3.86. The van der Waals surface area contributed by atoms with E-state index in [1.165, 1.54) is 43.7 Å². The van der Waals surface area contributed by atoms with Crippen LogP contribution in [0.3, 0.4) is 0 Å². The Bertz CT molecular complexity index is 1570. The maximum Gasteiger partial charge on any atom is 0.441 e. The number of aromatic nitrogens is 1. The molecule has 3 aromatic rings. The molecule has 1 N–H and O–H groups in total. The molecule has 3 heterocycles. The van der Waals surface area contributed by atoms with Crippen molar-refractivity contribution >= 4 is 50.7 Å². The van der Waals surface area contributed by atoms with Gasteiger partial charge in [0.25, 0.3) is 5.91 Å². The van der Waals surface area contributed by atoms with Gasteiger partial charge >= 0.3 is 6.18 Å². The number of carbonyl (C=O) groups excluding carboxylic acids is 1. The van der Waals surface area contributed by atoms with E-state index in [0.717, 1.165) is 21.7 Å². The fourth-order valence-electron chi connectivity index (χ4n) is 5.37. The molecule has 0 atom stereocenters. The Morgan fingerprint density at radius 1 is 1.07 bits per heavy atom. The molecule has 11 heteroatoms. The molecule has 1 saturated carbocycles. The molecule has 6 rings (SSSR count). The van der Waals surface area contributed by atoms with Gasteiger partial charge in [-0.05, 0) is 60.4 Å². The van der Waals surface area contributed by atoms with Gasteiger partial charge in [-0.1, -0.05) is 49.6 Å². The molecule has 1 aromatic heterocycles. The number of benzene rings is 2. The minimum absolute atomic E-state index is 0.131. The zero-order chi connectivity index (χ0) is 27.9. The number of para-hydroxylation sites is 1. The number of fused-ring (bicyclic) bond motifs is 2. The highest BCUT2D eigenvalue weighted by Gasteiger charge is 2.46. The number of carbonyl (C=O) groups is 1. The number of nitrogens with zero attached hydrogens (tertiary/aromatic N) is 4. The molecule has 0 radical (unpaired) electrons. The average Bonchev–Trinajstić information content (AvgIpc) is 3.54. The van der Waals surface area contributed by atoms with Crippen LogP contribution in [0, 0.1) is 5.41 Å². The summed E-state index contributed by atoms with van der Waals surface area (Å²) < 4.78 is 47.4. The van der Waals surface area contributed by atoms with Crippen LogP contribution in [0.1, 0.15) is 49.1 Å². The lowest BCUT2D eigenvalue weighted by Gasteiger charge is -2.22. The number of thioether (sulfide) groups is 1. The van der Waals surface area contributed by atoms with E-state index >= 15 is 0 Å². The Labute approximate surface area is 232 Å². The molecule has 40 heavy (non-hydrogen) atoms. The van der Waals surface area contributed by atoms with Crippen molar-refractivity contribution in [3.05, 3.63) is 71.4 Å². The number of nitrogens with one attached hydrogen (secondary N) is 1. The molecule has 0 bridgehead atoms. The second-order valence-corrected chi connectivity index (χ2v) is 10.9. The van der Waals surface area contributed by atoms with Crippen LogP contribution >= 0.6 is 11.8 Å². The SMILES string of the molecule is N=C1/C(=C/c2cn(CCOc3ccc(C4CCCCC4)cc3)c3ccccc23)C(=O)N=C2SC(C(F)(F)F)=NN12. The highest BCUT2D eigenvalue weighted by molar-refractivity contribution is 8.27. The van der Waals surface area contributed by atoms with Gasteiger partial charge in [-0.2, -0.15) is 28.3 Å². The van der Waals surface area contributed by atoms with Gasteiger partial charge in [0.2, 0.25) is 10.2 Å². The van der Waals surface area contributed by atoms with Crippen LogP contribution < -0.4 is 4.74 Å². The Kier molecular flexibility index (Phi) is 6.99. The minimum Gasteiger partial charge on any atom is -0.492 e. The molecule has 0 unspecified atom stereocenters. The number of hydrazone groups is 1. The normalized spacial score (nSPS) is 19.3. The molecule has 1 fully saturated rings. The Balaban J connectivity index is 1.19. The largest absolute Gasteiger partial charge is 0.492 e. The third-order valence-corrected chi connectivity index (χ3v) is 8.33. The standard InChI is InChI=1S/C29H26F3N5O2S/c30-29(31,32)27-35-37-25(33)23(26(38)34-28(37)40-27)16-20-17-36(24-9-5-4-8-22(20)24)14-15-39-21-12-10-19(11-13-21)18-6-2-1-3-7-18/h4-5,8-13,16-18,33H,1-3,6-7,14-15H2/b23-16-,33-25?. The van der Waals surface area contributed by atoms with E-state index in [-0.39, 0.29) is 22.5 Å². The number of amides is 1. The van der Waals surface area contributed by atoms with Crippen molar-refractivity contribution in [3.63, 3.8) is 0 Å². The number of ether oxygens (including phenoxy) is 1. The highest BCUT2D eigenvalue weighted by atomic mass is 32.2. The Morgan fingerprint density at radius 2 is 1.82 bits per heavy atom. The molecular formula is C29H26F3N5O2S. The van der Waals surface area contributed by atoms with Gasteiger partial charge in [0.1, 0.15) is 12.4 Å². The summed E-state index contributed by atoms with van der Waals surface area (Å²) in [5, 5.41) is 12.0. The van der Waals surface area contributed by atoms with Gasteiger partial charge < -0.3 is 9.30 Å². The maximum absolute atomic E-state index is 13.1. The molecule has 0 spiro atoms. The van der Waals surface area contributed by atoms with Crippen LogP contribution in [0.25, 0.3) is 17.0 Å². The van der Waals surface area contributed by atoms with Gasteiger partial charge in [0.05, 0.1) is 12.1 Å². The zero-order valence-electron chi connectivity index (χ0n) is 21.4. The summed E-state index contributed by atoms with van der Waals surface area (Å²) in [5.74, 6) is 0.215. The average molecular weight is 566 g/mol. The second-order valence-electron chi connectivity index (χ2n) is 9.97. The summed E-state index contributed by atoms with van der Waals surface area (Å²) in [7, 11) is 0. The number of hydrogen-bond donors (Lipinski definition) is 1. The van der Waals surface area contributed by atoms with Crippen molar-refractivity contribution in [1.82, 2.24) is 9.58 Å². The predicted molar refractivity (Wildman–Crippen MR) is 151 cm³/mol. The third kappa shape index (κ3) is 5.17. The first-order valence-electron chi connectivity index (χ1n) is 13.2. The van der Waals surface area contributed by atoms with E-state index in [1.54, 1.807) is 0 Å².